The van der Waals surface area contributed by atoms with E-state index in [0.29, 0.717) is 0 Å². The fourth-order valence-corrected chi connectivity index (χ4v) is 2.30. The number of nitrogens with zero attached hydrogens (tertiary/aromatic N) is 1. The first kappa shape index (κ1) is 15.3. The van der Waals surface area contributed by atoms with Crippen molar-refractivity contribution in [3.05, 3.63) is 29.8 Å². The highest BCUT2D eigenvalue weighted by Gasteiger charge is 2.10. The van der Waals surface area contributed by atoms with Crippen LogP contribution in [0.25, 0.3) is 0 Å². The van der Waals surface area contributed by atoms with Crippen molar-refractivity contribution in [3.8, 4) is 5.75 Å². The minimum atomic E-state index is 0.141. The molecule has 1 aliphatic heterocycles. The zero-order valence-electron chi connectivity index (χ0n) is 12.5. The molecule has 1 saturated heterocycles. The fourth-order valence-electron chi connectivity index (χ4n) is 2.30. The first-order valence-electron chi connectivity index (χ1n) is 7.44. The first-order valence-corrected chi connectivity index (χ1v) is 7.44. The molecule has 0 N–H and O–H groups in total. The molecule has 1 unspecified atom stereocenters. The van der Waals surface area contributed by atoms with Crippen LogP contribution in [-0.4, -0.2) is 51.0 Å². The average molecular weight is 279 g/mol. The van der Waals surface area contributed by atoms with Gasteiger partial charge in [0.2, 0.25) is 0 Å². The summed E-state index contributed by atoms with van der Waals surface area (Å²) in [4.78, 5) is 2.37. The minimum absolute atomic E-state index is 0.141. The van der Waals surface area contributed by atoms with Crippen LogP contribution in [0.1, 0.15) is 25.5 Å². The van der Waals surface area contributed by atoms with Crippen molar-refractivity contribution < 1.29 is 14.2 Å². The lowest BCUT2D eigenvalue weighted by atomic mass is 10.1. The van der Waals surface area contributed by atoms with Gasteiger partial charge in [-0.2, -0.15) is 0 Å². The molecule has 4 heteroatoms. The van der Waals surface area contributed by atoms with Crippen molar-refractivity contribution in [1.82, 2.24) is 4.90 Å². The van der Waals surface area contributed by atoms with Crippen molar-refractivity contribution in [2.75, 3.05) is 46.1 Å². The van der Waals surface area contributed by atoms with E-state index in [0.717, 1.165) is 51.8 Å². The molecule has 1 aliphatic rings. The maximum Gasteiger partial charge on any atom is 0.119 e. The van der Waals surface area contributed by atoms with Gasteiger partial charge in [-0.1, -0.05) is 12.1 Å². The molecular weight excluding hydrogens is 254 g/mol. The van der Waals surface area contributed by atoms with Crippen molar-refractivity contribution in [2.24, 2.45) is 0 Å². The van der Waals surface area contributed by atoms with Gasteiger partial charge in [-0.15, -0.1) is 0 Å². The summed E-state index contributed by atoms with van der Waals surface area (Å²) in [7, 11) is 0. The lowest BCUT2D eigenvalue weighted by Gasteiger charge is -2.26. The number of ether oxygens (including phenoxy) is 3. The zero-order chi connectivity index (χ0) is 14.2. The largest absolute Gasteiger partial charge is 0.492 e. The van der Waals surface area contributed by atoms with E-state index in [-0.39, 0.29) is 6.10 Å². The third kappa shape index (κ3) is 4.78. The molecule has 0 spiro atoms. The van der Waals surface area contributed by atoms with Gasteiger partial charge < -0.3 is 14.2 Å². The molecule has 0 saturated carbocycles. The molecule has 112 valence electrons. The van der Waals surface area contributed by atoms with Gasteiger partial charge in [-0.25, -0.2) is 0 Å². The Bertz CT molecular complexity index is 374. The molecule has 2 rings (SSSR count). The summed E-state index contributed by atoms with van der Waals surface area (Å²) in [5.74, 6) is 0.922. The summed E-state index contributed by atoms with van der Waals surface area (Å²) in [6.45, 7) is 10.2. The van der Waals surface area contributed by atoms with Crippen LogP contribution in [0.2, 0.25) is 0 Å². The molecule has 1 aromatic rings. The Morgan fingerprint density at radius 1 is 1.20 bits per heavy atom. The predicted octanol–water partition coefficient (Wildman–Crippen LogP) is 2.50. The van der Waals surface area contributed by atoms with Crippen LogP contribution in [-0.2, 0) is 9.47 Å². The van der Waals surface area contributed by atoms with E-state index in [1.165, 1.54) is 5.56 Å². The van der Waals surface area contributed by atoms with Gasteiger partial charge in [-0.05, 0) is 31.5 Å². The van der Waals surface area contributed by atoms with Gasteiger partial charge in [0.15, 0.2) is 0 Å². The summed E-state index contributed by atoms with van der Waals surface area (Å²) >= 11 is 0. The summed E-state index contributed by atoms with van der Waals surface area (Å²) in [5.41, 5.74) is 1.19. The highest BCUT2D eigenvalue weighted by atomic mass is 16.5. The number of rotatable bonds is 7. The fraction of sp³-hybridized carbons (Fsp3) is 0.625. The standard InChI is InChI=1S/C16H25NO3/c1-3-19-14(2)15-4-6-16(7-5-15)20-13-10-17-8-11-18-12-9-17/h4-7,14H,3,8-13H2,1-2H3. The molecule has 1 heterocycles. The lowest BCUT2D eigenvalue weighted by Crippen LogP contribution is -2.38. The Hall–Kier alpha value is -1.10. The van der Waals surface area contributed by atoms with Gasteiger partial charge in [0.05, 0.1) is 19.3 Å². The topological polar surface area (TPSA) is 30.9 Å². The normalized spacial score (nSPS) is 17.9. The van der Waals surface area contributed by atoms with Gasteiger partial charge in [0, 0.05) is 26.2 Å². The van der Waals surface area contributed by atoms with Gasteiger partial charge in [-0.3, -0.25) is 4.90 Å². The number of morpholine rings is 1. The quantitative estimate of drug-likeness (QED) is 0.767. The second kappa shape index (κ2) is 8.25. The SMILES string of the molecule is CCOC(C)c1ccc(OCCN2CCOCC2)cc1. The molecule has 4 nitrogen and oxygen atoms in total. The Morgan fingerprint density at radius 3 is 2.55 bits per heavy atom. The Labute approximate surface area is 121 Å². The minimum Gasteiger partial charge on any atom is -0.492 e. The number of benzene rings is 1. The van der Waals surface area contributed by atoms with Crippen molar-refractivity contribution in [2.45, 2.75) is 20.0 Å². The van der Waals surface area contributed by atoms with E-state index in [4.69, 9.17) is 14.2 Å². The lowest BCUT2D eigenvalue weighted by molar-refractivity contribution is 0.0322. The summed E-state index contributed by atoms with van der Waals surface area (Å²) in [6, 6.07) is 8.18. The predicted molar refractivity (Wildman–Crippen MR) is 79.2 cm³/mol. The smallest absolute Gasteiger partial charge is 0.119 e. The van der Waals surface area contributed by atoms with E-state index in [1.807, 2.05) is 19.1 Å². The maximum atomic E-state index is 5.78. The summed E-state index contributed by atoms with van der Waals surface area (Å²) < 4.78 is 16.7. The second-order valence-corrected chi connectivity index (χ2v) is 4.97. The van der Waals surface area contributed by atoms with Gasteiger partial charge >= 0.3 is 0 Å². The molecule has 0 aliphatic carbocycles. The third-order valence-corrected chi connectivity index (χ3v) is 3.55. The highest BCUT2D eigenvalue weighted by molar-refractivity contribution is 5.28. The third-order valence-electron chi connectivity index (χ3n) is 3.55. The molecule has 20 heavy (non-hydrogen) atoms. The summed E-state index contributed by atoms with van der Waals surface area (Å²) in [5, 5.41) is 0. The van der Waals surface area contributed by atoms with Gasteiger partial charge in [0.25, 0.3) is 0 Å². The van der Waals surface area contributed by atoms with Crippen molar-refractivity contribution >= 4 is 0 Å². The maximum absolute atomic E-state index is 5.78. The van der Waals surface area contributed by atoms with Crippen LogP contribution in [0.3, 0.4) is 0 Å². The summed E-state index contributed by atoms with van der Waals surface area (Å²) in [6.07, 6.45) is 0.141. The molecule has 0 bridgehead atoms. The number of hydrogen-bond acceptors (Lipinski definition) is 4. The van der Waals surface area contributed by atoms with Crippen LogP contribution >= 0.6 is 0 Å². The van der Waals surface area contributed by atoms with E-state index < -0.39 is 0 Å². The second-order valence-electron chi connectivity index (χ2n) is 4.97. The van der Waals surface area contributed by atoms with E-state index in [9.17, 15) is 0 Å². The van der Waals surface area contributed by atoms with Crippen molar-refractivity contribution in [3.63, 3.8) is 0 Å². The van der Waals surface area contributed by atoms with Crippen LogP contribution in [0.15, 0.2) is 24.3 Å². The highest BCUT2D eigenvalue weighted by Crippen LogP contribution is 2.20. The van der Waals surface area contributed by atoms with Crippen molar-refractivity contribution in [1.29, 1.82) is 0 Å². The zero-order valence-corrected chi connectivity index (χ0v) is 12.5. The van der Waals surface area contributed by atoms with E-state index in [1.54, 1.807) is 0 Å². The van der Waals surface area contributed by atoms with E-state index >= 15 is 0 Å². The van der Waals surface area contributed by atoms with Crippen LogP contribution in [0.4, 0.5) is 0 Å². The average Bonchev–Trinajstić information content (AvgIpc) is 2.49. The molecule has 1 fully saturated rings. The first-order chi connectivity index (χ1) is 9.79. The molecule has 1 aromatic carbocycles. The molecule has 0 aromatic heterocycles. The van der Waals surface area contributed by atoms with Gasteiger partial charge in [0.1, 0.15) is 12.4 Å². The Balaban J connectivity index is 1.73. The van der Waals surface area contributed by atoms with Crippen LogP contribution < -0.4 is 4.74 Å². The molecule has 0 amide bonds. The monoisotopic (exact) mass is 279 g/mol. The molecule has 1 atom stereocenters. The van der Waals surface area contributed by atoms with Crippen LogP contribution in [0, 0.1) is 0 Å². The number of hydrogen-bond donors (Lipinski definition) is 0. The molecule has 0 radical (unpaired) electrons. The molecular formula is C16H25NO3. The Kier molecular flexibility index (Phi) is 6.30. The van der Waals surface area contributed by atoms with Crippen LogP contribution in [0.5, 0.6) is 5.75 Å². The van der Waals surface area contributed by atoms with E-state index in [2.05, 4.69) is 24.0 Å². The Morgan fingerprint density at radius 2 is 1.90 bits per heavy atom.